The topological polar surface area (TPSA) is 69.2 Å². The van der Waals surface area contributed by atoms with Gasteiger partial charge in [-0.1, -0.05) is 29.3 Å². The van der Waals surface area contributed by atoms with Gasteiger partial charge < -0.3 is 19.5 Å². The molecule has 0 bridgehead atoms. The molecule has 1 fully saturated rings. The summed E-state index contributed by atoms with van der Waals surface area (Å²) < 4.78 is 17.7. The molecule has 1 amide bonds. The van der Waals surface area contributed by atoms with Gasteiger partial charge in [-0.2, -0.15) is 0 Å². The summed E-state index contributed by atoms with van der Waals surface area (Å²) in [5.41, 5.74) is 2.35. The third kappa shape index (κ3) is 6.56. The molecule has 0 spiro atoms. The Labute approximate surface area is 231 Å². The van der Waals surface area contributed by atoms with Crippen LogP contribution in [0.25, 0.3) is 6.08 Å². The van der Waals surface area contributed by atoms with Gasteiger partial charge in [0.15, 0.2) is 16.7 Å². The Hall–Kier alpha value is -2.65. The lowest BCUT2D eigenvalue weighted by Crippen LogP contribution is -2.19. The van der Waals surface area contributed by atoms with Crippen LogP contribution in [0.4, 0.5) is 5.69 Å². The van der Waals surface area contributed by atoms with E-state index in [0.29, 0.717) is 42.7 Å². The highest BCUT2D eigenvalue weighted by Crippen LogP contribution is 2.39. The zero-order valence-electron chi connectivity index (χ0n) is 19.3. The maximum atomic E-state index is 12.5. The number of carbonyl (C=O) groups excluding carboxylic acids is 1. The van der Waals surface area contributed by atoms with Gasteiger partial charge in [0.05, 0.1) is 38.8 Å². The van der Waals surface area contributed by atoms with Crippen molar-refractivity contribution < 1.29 is 19.0 Å². The molecule has 0 atom stereocenters. The van der Waals surface area contributed by atoms with Crippen LogP contribution in [0.5, 0.6) is 17.2 Å². The van der Waals surface area contributed by atoms with Gasteiger partial charge in [0, 0.05) is 0 Å². The summed E-state index contributed by atoms with van der Waals surface area (Å²) in [4.78, 5) is 17.6. The highest BCUT2D eigenvalue weighted by Gasteiger charge is 2.24. The number of nitrogens with one attached hydrogen (secondary N) is 1. The van der Waals surface area contributed by atoms with E-state index in [9.17, 15) is 4.79 Å². The Kier molecular flexibility index (Phi) is 8.85. The normalized spacial score (nSPS) is 15.3. The second-order valence-electron chi connectivity index (χ2n) is 7.48. The van der Waals surface area contributed by atoms with E-state index in [-0.39, 0.29) is 12.5 Å². The summed E-state index contributed by atoms with van der Waals surface area (Å²) in [6.07, 6.45) is 1.77. The summed E-state index contributed by atoms with van der Waals surface area (Å²) in [6, 6.07) is 16.3. The molecule has 4 rings (SSSR count). The van der Waals surface area contributed by atoms with Gasteiger partial charge in [-0.15, -0.1) is 0 Å². The van der Waals surface area contributed by atoms with E-state index in [1.165, 1.54) is 11.8 Å². The van der Waals surface area contributed by atoms with Gasteiger partial charge >= 0.3 is 0 Å². The van der Waals surface area contributed by atoms with Crippen LogP contribution in [-0.4, -0.2) is 24.8 Å². The van der Waals surface area contributed by atoms with Crippen molar-refractivity contribution in [1.29, 1.82) is 0 Å². The number of aliphatic imine (C=N–C) groups is 1. The number of amidine groups is 1. The van der Waals surface area contributed by atoms with Crippen LogP contribution in [0.3, 0.4) is 0 Å². The largest absolute Gasteiger partial charge is 0.494 e. The molecule has 0 unspecified atom stereocenters. The Morgan fingerprint density at radius 2 is 1.83 bits per heavy atom. The van der Waals surface area contributed by atoms with Crippen LogP contribution in [0, 0.1) is 0 Å². The maximum absolute atomic E-state index is 12.5. The predicted molar refractivity (Wildman–Crippen MR) is 150 cm³/mol. The van der Waals surface area contributed by atoms with Crippen molar-refractivity contribution in [3.05, 3.63) is 85.1 Å². The number of nitrogens with zero attached hydrogens (tertiary/aromatic N) is 1. The van der Waals surface area contributed by atoms with E-state index in [1.807, 2.05) is 43.3 Å². The minimum atomic E-state index is -0.222. The molecule has 1 heterocycles. The molecule has 0 aromatic heterocycles. The van der Waals surface area contributed by atoms with Crippen molar-refractivity contribution in [3.63, 3.8) is 0 Å². The van der Waals surface area contributed by atoms with Crippen LogP contribution in [0.15, 0.2) is 69.0 Å². The fourth-order valence-electron chi connectivity index (χ4n) is 3.28. The molecule has 0 aliphatic carbocycles. The van der Waals surface area contributed by atoms with Crippen molar-refractivity contribution in [2.24, 2.45) is 4.99 Å². The van der Waals surface area contributed by atoms with E-state index in [1.54, 1.807) is 31.4 Å². The molecule has 6 nitrogen and oxygen atoms in total. The second kappa shape index (κ2) is 12.1. The van der Waals surface area contributed by atoms with E-state index in [2.05, 4.69) is 26.2 Å². The van der Waals surface area contributed by atoms with E-state index in [0.717, 1.165) is 22.6 Å². The average molecular weight is 608 g/mol. The zero-order chi connectivity index (χ0) is 25.7. The minimum absolute atomic E-state index is 0.222. The molecule has 36 heavy (non-hydrogen) atoms. The molecule has 1 aliphatic heterocycles. The van der Waals surface area contributed by atoms with Gasteiger partial charge in [-0.3, -0.25) is 4.79 Å². The van der Waals surface area contributed by atoms with Crippen LogP contribution in [0.1, 0.15) is 18.1 Å². The number of hydrogen-bond acceptors (Lipinski definition) is 6. The number of halogens is 3. The Balaban J connectivity index is 1.50. The number of thioether (sulfide) groups is 1. The number of hydrogen-bond donors (Lipinski definition) is 1. The lowest BCUT2D eigenvalue weighted by Gasteiger charge is -2.14. The lowest BCUT2D eigenvalue weighted by molar-refractivity contribution is -0.115. The number of rotatable bonds is 8. The highest BCUT2D eigenvalue weighted by atomic mass is 79.9. The molecule has 1 aliphatic rings. The molecule has 0 saturated carbocycles. The molecule has 0 radical (unpaired) electrons. The number of methoxy groups -OCH3 is 1. The van der Waals surface area contributed by atoms with Crippen molar-refractivity contribution in [1.82, 2.24) is 5.32 Å². The standard InChI is InChI=1S/C26H21BrCl2N2O4S/c1-3-34-18-7-5-17(6-8-18)30-26-31-25(32)23(36-26)13-16-10-19(27)24(22(12-16)33-2)35-14-15-4-9-20(28)21(29)11-15/h4-13H,3,14H2,1-2H3,(H,30,31,32)/b23-13+. The molecule has 186 valence electrons. The first-order chi connectivity index (χ1) is 17.4. The summed E-state index contributed by atoms with van der Waals surface area (Å²) in [5, 5.41) is 4.25. The molecule has 3 aromatic rings. The van der Waals surface area contributed by atoms with Gasteiger partial charge in [0.1, 0.15) is 12.4 Å². The Morgan fingerprint density at radius 1 is 1.06 bits per heavy atom. The molecule has 3 aromatic carbocycles. The first-order valence-corrected chi connectivity index (χ1v) is 13.2. The third-order valence-corrected chi connectivity index (χ3v) is 7.18. The SMILES string of the molecule is CCOc1ccc(N=C2NC(=O)/C(=C\c3cc(Br)c(OCc4ccc(Cl)c(Cl)c4)c(OC)c3)S2)cc1. The number of benzene rings is 3. The minimum Gasteiger partial charge on any atom is -0.494 e. The Morgan fingerprint density at radius 3 is 2.53 bits per heavy atom. The number of carbonyl (C=O) groups is 1. The summed E-state index contributed by atoms with van der Waals surface area (Å²) in [6.45, 7) is 2.80. The third-order valence-electron chi connectivity index (χ3n) is 4.95. The van der Waals surface area contributed by atoms with Crippen molar-refractivity contribution in [2.75, 3.05) is 13.7 Å². The highest BCUT2D eigenvalue weighted by molar-refractivity contribution is 9.10. The van der Waals surface area contributed by atoms with Crippen LogP contribution in [0.2, 0.25) is 10.0 Å². The second-order valence-corrected chi connectivity index (χ2v) is 10.2. The maximum Gasteiger partial charge on any atom is 0.264 e. The average Bonchev–Trinajstić information content (AvgIpc) is 3.19. The molecule has 1 N–H and O–H groups in total. The van der Waals surface area contributed by atoms with Gasteiger partial charge in [-0.05, 0) is 100 Å². The lowest BCUT2D eigenvalue weighted by atomic mass is 10.2. The zero-order valence-corrected chi connectivity index (χ0v) is 23.2. The van der Waals surface area contributed by atoms with Crippen molar-refractivity contribution >= 4 is 73.7 Å². The van der Waals surface area contributed by atoms with Crippen molar-refractivity contribution in [2.45, 2.75) is 13.5 Å². The molecule has 10 heteroatoms. The van der Waals surface area contributed by atoms with Gasteiger partial charge in [-0.25, -0.2) is 4.99 Å². The summed E-state index contributed by atoms with van der Waals surface area (Å²) in [7, 11) is 1.56. The predicted octanol–water partition coefficient (Wildman–Crippen LogP) is 7.63. The van der Waals surface area contributed by atoms with E-state index >= 15 is 0 Å². The van der Waals surface area contributed by atoms with Gasteiger partial charge in [0.25, 0.3) is 5.91 Å². The molecular formula is C26H21BrCl2N2O4S. The van der Waals surface area contributed by atoms with Crippen molar-refractivity contribution in [3.8, 4) is 17.2 Å². The van der Waals surface area contributed by atoms with E-state index in [4.69, 9.17) is 37.4 Å². The Bertz CT molecular complexity index is 1350. The van der Waals surface area contributed by atoms with Crippen LogP contribution >= 0.6 is 50.9 Å². The molecule has 1 saturated heterocycles. The van der Waals surface area contributed by atoms with Gasteiger partial charge in [0.2, 0.25) is 0 Å². The fraction of sp³-hybridized carbons (Fsp3) is 0.154. The summed E-state index contributed by atoms with van der Waals surface area (Å²) >= 11 is 16.9. The smallest absolute Gasteiger partial charge is 0.264 e. The number of amides is 1. The van der Waals surface area contributed by atoms with Crippen LogP contribution < -0.4 is 19.5 Å². The molecular weight excluding hydrogens is 587 g/mol. The van der Waals surface area contributed by atoms with Crippen LogP contribution in [-0.2, 0) is 11.4 Å². The van der Waals surface area contributed by atoms with E-state index < -0.39 is 0 Å². The monoisotopic (exact) mass is 606 g/mol. The number of ether oxygens (including phenoxy) is 3. The first-order valence-electron chi connectivity index (χ1n) is 10.8. The fourth-order valence-corrected chi connectivity index (χ4v) is 5.02. The quantitative estimate of drug-likeness (QED) is 0.267. The first kappa shape index (κ1) is 26.4. The summed E-state index contributed by atoms with van der Waals surface area (Å²) in [5.74, 6) is 1.60.